The van der Waals surface area contributed by atoms with Crippen LogP contribution in [0.5, 0.6) is 0 Å². The molecule has 0 unspecified atom stereocenters. The molecule has 0 radical (unpaired) electrons. The number of nitrogens with zero attached hydrogens (tertiary/aromatic N) is 1. The van der Waals surface area contributed by atoms with Crippen molar-refractivity contribution in [2.24, 2.45) is 0 Å². The molecule has 2 aromatic rings. The Hall–Kier alpha value is -1.78. The van der Waals surface area contributed by atoms with Crippen molar-refractivity contribution in [3.8, 4) is 0 Å². The molecule has 21 heavy (non-hydrogen) atoms. The monoisotopic (exact) mass is 325 g/mol. The molecule has 4 nitrogen and oxygen atoms in total. The number of rotatable bonds is 5. The fourth-order valence-electron chi connectivity index (χ4n) is 1.79. The van der Waals surface area contributed by atoms with E-state index in [2.05, 4.69) is 0 Å². The van der Waals surface area contributed by atoms with Gasteiger partial charge in [0.25, 0.3) is 5.56 Å². The smallest absolute Gasteiger partial charge is 0.326 e. The van der Waals surface area contributed by atoms with Gasteiger partial charge < -0.3 is 9.30 Å². The quantitative estimate of drug-likeness (QED) is 0.794. The van der Waals surface area contributed by atoms with Gasteiger partial charge in [-0.25, -0.2) is 0 Å². The second kappa shape index (κ2) is 7.29. The Morgan fingerprint density at radius 1 is 1.19 bits per heavy atom. The lowest BCUT2D eigenvalue weighted by Crippen LogP contribution is -2.25. The van der Waals surface area contributed by atoms with Gasteiger partial charge in [-0.15, -0.1) is 0 Å². The average molecular weight is 326 g/mol. The van der Waals surface area contributed by atoms with E-state index in [0.29, 0.717) is 6.42 Å². The van der Waals surface area contributed by atoms with Crippen LogP contribution >= 0.6 is 23.2 Å². The third-order valence-electron chi connectivity index (χ3n) is 2.81. The molecule has 0 aliphatic carbocycles. The van der Waals surface area contributed by atoms with Crippen molar-refractivity contribution < 1.29 is 9.53 Å². The van der Waals surface area contributed by atoms with Crippen molar-refractivity contribution in [1.82, 2.24) is 4.57 Å². The van der Waals surface area contributed by atoms with Crippen LogP contribution in [0.3, 0.4) is 0 Å². The molecular weight excluding hydrogens is 313 g/mol. The summed E-state index contributed by atoms with van der Waals surface area (Å²) in [5.74, 6) is -0.508. The molecule has 1 aromatic carbocycles. The van der Waals surface area contributed by atoms with Crippen LogP contribution in [0, 0.1) is 0 Å². The van der Waals surface area contributed by atoms with Crippen LogP contribution in [0.25, 0.3) is 0 Å². The topological polar surface area (TPSA) is 48.3 Å². The molecule has 0 bridgehead atoms. The zero-order chi connectivity index (χ0) is 15.2. The zero-order valence-electron chi connectivity index (χ0n) is 11.1. The van der Waals surface area contributed by atoms with Crippen molar-refractivity contribution >= 4 is 29.2 Å². The van der Waals surface area contributed by atoms with E-state index in [1.54, 1.807) is 0 Å². The van der Waals surface area contributed by atoms with Crippen LogP contribution in [0.15, 0.2) is 47.4 Å². The van der Waals surface area contributed by atoms with Gasteiger partial charge in [-0.2, -0.15) is 0 Å². The molecule has 0 N–H and O–H groups in total. The standard InChI is InChI=1S/C15H13Cl2NO3/c16-12-8-13(17)15(20)18(9-12)10-14(19)21-7-6-11-4-2-1-3-5-11/h1-5,8-9H,6-7,10H2. The number of halogens is 2. The molecule has 0 aliphatic heterocycles. The van der Waals surface area contributed by atoms with Crippen molar-refractivity contribution in [2.45, 2.75) is 13.0 Å². The SMILES string of the molecule is O=C(Cn1cc(Cl)cc(Cl)c1=O)OCCc1ccccc1. The van der Waals surface area contributed by atoms with Crippen LogP contribution < -0.4 is 5.56 Å². The second-order valence-electron chi connectivity index (χ2n) is 4.40. The van der Waals surface area contributed by atoms with E-state index < -0.39 is 11.5 Å². The summed E-state index contributed by atoms with van der Waals surface area (Å²) in [4.78, 5) is 23.4. The number of carbonyl (C=O) groups is 1. The molecule has 0 saturated carbocycles. The van der Waals surface area contributed by atoms with Gasteiger partial charge in [-0.05, 0) is 11.6 Å². The summed E-state index contributed by atoms with van der Waals surface area (Å²) in [7, 11) is 0. The molecular formula is C15H13Cl2NO3. The first-order valence-electron chi connectivity index (χ1n) is 6.31. The molecule has 6 heteroatoms. The van der Waals surface area contributed by atoms with E-state index in [-0.39, 0.29) is 23.2 Å². The maximum absolute atomic E-state index is 11.7. The fraction of sp³-hybridized carbons (Fsp3) is 0.200. The highest BCUT2D eigenvalue weighted by Gasteiger charge is 2.09. The summed E-state index contributed by atoms with van der Waals surface area (Å²) in [5, 5.41) is 0.260. The van der Waals surface area contributed by atoms with E-state index in [4.69, 9.17) is 27.9 Å². The normalized spacial score (nSPS) is 10.4. The lowest BCUT2D eigenvalue weighted by molar-refractivity contribution is -0.144. The summed E-state index contributed by atoms with van der Waals surface area (Å²) >= 11 is 11.5. The Balaban J connectivity index is 1.89. The lowest BCUT2D eigenvalue weighted by Gasteiger charge is -2.08. The average Bonchev–Trinajstić information content (AvgIpc) is 2.45. The van der Waals surface area contributed by atoms with Gasteiger partial charge in [0, 0.05) is 12.6 Å². The maximum Gasteiger partial charge on any atom is 0.326 e. The van der Waals surface area contributed by atoms with E-state index >= 15 is 0 Å². The van der Waals surface area contributed by atoms with Crippen molar-refractivity contribution in [3.05, 3.63) is 68.6 Å². The molecule has 0 atom stereocenters. The van der Waals surface area contributed by atoms with Crippen LogP contribution in [-0.2, 0) is 22.5 Å². The molecule has 0 aliphatic rings. The highest BCUT2D eigenvalue weighted by molar-refractivity contribution is 6.34. The van der Waals surface area contributed by atoms with Crippen molar-refractivity contribution in [3.63, 3.8) is 0 Å². The molecule has 0 spiro atoms. The number of ether oxygens (including phenoxy) is 1. The first-order chi connectivity index (χ1) is 10.1. The largest absolute Gasteiger partial charge is 0.464 e. The Kier molecular flexibility index (Phi) is 5.42. The summed E-state index contributed by atoms with van der Waals surface area (Å²) in [6, 6.07) is 11.0. The van der Waals surface area contributed by atoms with Gasteiger partial charge in [0.05, 0.1) is 11.6 Å². The summed E-state index contributed by atoms with van der Waals surface area (Å²) < 4.78 is 6.23. The predicted molar refractivity (Wildman–Crippen MR) is 81.8 cm³/mol. The van der Waals surface area contributed by atoms with E-state index in [0.717, 1.165) is 10.1 Å². The molecule has 2 rings (SSSR count). The van der Waals surface area contributed by atoms with E-state index in [9.17, 15) is 9.59 Å². The van der Waals surface area contributed by atoms with Gasteiger partial charge >= 0.3 is 5.97 Å². The Labute approximate surface area is 131 Å². The Morgan fingerprint density at radius 2 is 1.90 bits per heavy atom. The van der Waals surface area contributed by atoms with E-state index in [1.807, 2.05) is 30.3 Å². The second-order valence-corrected chi connectivity index (χ2v) is 5.24. The number of pyridine rings is 1. The first-order valence-corrected chi connectivity index (χ1v) is 7.07. The van der Waals surface area contributed by atoms with Crippen LogP contribution in [-0.4, -0.2) is 17.1 Å². The number of aromatic nitrogens is 1. The van der Waals surface area contributed by atoms with Gasteiger partial charge in [0.1, 0.15) is 11.6 Å². The number of carbonyl (C=O) groups excluding carboxylic acids is 1. The minimum Gasteiger partial charge on any atom is -0.464 e. The third-order valence-corrected chi connectivity index (χ3v) is 3.28. The van der Waals surface area contributed by atoms with Crippen LogP contribution in [0.1, 0.15) is 5.56 Å². The summed E-state index contributed by atoms with van der Waals surface area (Å²) in [6.07, 6.45) is 1.98. The highest BCUT2D eigenvalue weighted by Crippen LogP contribution is 2.11. The van der Waals surface area contributed by atoms with Gasteiger partial charge in [0.2, 0.25) is 0 Å². The summed E-state index contributed by atoms with van der Waals surface area (Å²) in [6.45, 7) is 0.0415. The molecule has 0 amide bonds. The Morgan fingerprint density at radius 3 is 2.62 bits per heavy atom. The molecule has 110 valence electrons. The first kappa shape index (κ1) is 15.6. The van der Waals surface area contributed by atoms with Crippen LogP contribution in [0.4, 0.5) is 0 Å². The lowest BCUT2D eigenvalue weighted by atomic mass is 10.2. The number of benzene rings is 1. The molecule has 1 heterocycles. The molecule has 1 aromatic heterocycles. The summed E-state index contributed by atoms with van der Waals surface area (Å²) in [5.41, 5.74) is 0.606. The number of hydrogen-bond acceptors (Lipinski definition) is 3. The molecule has 0 fully saturated rings. The van der Waals surface area contributed by atoms with Crippen LogP contribution in [0.2, 0.25) is 10.0 Å². The maximum atomic E-state index is 11.7. The third kappa shape index (κ3) is 4.62. The number of hydrogen-bond donors (Lipinski definition) is 0. The van der Waals surface area contributed by atoms with Crippen molar-refractivity contribution in [2.75, 3.05) is 6.61 Å². The van der Waals surface area contributed by atoms with Gasteiger partial charge in [-0.1, -0.05) is 53.5 Å². The minimum absolute atomic E-state index is 0.0282. The van der Waals surface area contributed by atoms with E-state index in [1.165, 1.54) is 12.3 Å². The number of esters is 1. The van der Waals surface area contributed by atoms with Crippen molar-refractivity contribution in [1.29, 1.82) is 0 Å². The fourth-order valence-corrected chi connectivity index (χ4v) is 2.30. The van der Waals surface area contributed by atoms with Gasteiger partial charge in [0.15, 0.2) is 0 Å². The molecule has 0 saturated heterocycles. The predicted octanol–water partition coefficient (Wildman–Crippen LogP) is 2.94. The van der Waals surface area contributed by atoms with Gasteiger partial charge in [-0.3, -0.25) is 9.59 Å². The minimum atomic E-state index is -0.508. The zero-order valence-corrected chi connectivity index (χ0v) is 12.6. The Bertz CT molecular complexity index is 683. The highest BCUT2D eigenvalue weighted by atomic mass is 35.5.